The Kier molecular flexibility index (Phi) is 3.49. The molecule has 2 saturated heterocycles. The Labute approximate surface area is 122 Å². The molecule has 2 unspecified atom stereocenters. The van der Waals surface area contributed by atoms with Crippen molar-refractivity contribution in [2.24, 2.45) is 0 Å². The highest BCUT2D eigenvalue weighted by atomic mass is 16.6. The molecule has 110 valence electrons. The molecule has 0 radical (unpaired) electrons. The second-order valence-electron chi connectivity index (χ2n) is 5.74. The van der Waals surface area contributed by atoms with Crippen LogP contribution < -0.4 is 0 Å². The molecule has 0 aromatic heterocycles. The summed E-state index contributed by atoms with van der Waals surface area (Å²) >= 11 is 0. The van der Waals surface area contributed by atoms with Gasteiger partial charge in [-0.3, -0.25) is 9.69 Å². The van der Waals surface area contributed by atoms with E-state index in [4.69, 9.17) is 4.74 Å². The van der Waals surface area contributed by atoms with Gasteiger partial charge in [-0.15, -0.1) is 0 Å². The van der Waals surface area contributed by atoms with Crippen LogP contribution in [-0.4, -0.2) is 34.6 Å². The summed E-state index contributed by atoms with van der Waals surface area (Å²) in [5.41, 5.74) is -0.0836. The van der Waals surface area contributed by atoms with E-state index < -0.39 is 11.6 Å². The summed E-state index contributed by atoms with van der Waals surface area (Å²) in [6.07, 6.45) is 1.93. The first-order valence-electron chi connectivity index (χ1n) is 7.13. The van der Waals surface area contributed by atoms with E-state index in [2.05, 4.69) is 0 Å². The van der Waals surface area contributed by atoms with Crippen LogP contribution >= 0.6 is 0 Å². The molecule has 2 fully saturated rings. The summed E-state index contributed by atoms with van der Waals surface area (Å²) in [5, 5.41) is 0. The van der Waals surface area contributed by atoms with Gasteiger partial charge in [0, 0.05) is 18.9 Å². The zero-order chi connectivity index (χ0) is 14.9. The first-order valence-corrected chi connectivity index (χ1v) is 7.13. The number of aldehydes is 1. The zero-order valence-corrected chi connectivity index (χ0v) is 11.7. The van der Waals surface area contributed by atoms with E-state index in [0.717, 1.165) is 11.8 Å². The van der Waals surface area contributed by atoms with Crippen molar-refractivity contribution in [3.05, 3.63) is 35.9 Å². The minimum Gasteiger partial charge on any atom is -0.445 e. The normalized spacial score (nSPS) is 27.5. The molecule has 1 aromatic rings. The molecule has 0 N–H and O–H groups in total. The van der Waals surface area contributed by atoms with Crippen molar-refractivity contribution < 1.29 is 19.1 Å². The Bertz CT molecular complexity index is 571. The van der Waals surface area contributed by atoms with Crippen molar-refractivity contribution >= 4 is 18.2 Å². The van der Waals surface area contributed by atoms with Gasteiger partial charge in [-0.05, 0) is 18.4 Å². The molecule has 3 rings (SSSR count). The van der Waals surface area contributed by atoms with Gasteiger partial charge >= 0.3 is 6.09 Å². The summed E-state index contributed by atoms with van der Waals surface area (Å²) < 4.78 is 5.33. The van der Waals surface area contributed by atoms with Crippen LogP contribution in [0.2, 0.25) is 0 Å². The molecular formula is C16H17NO4. The maximum absolute atomic E-state index is 12.3. The molecule has 5 nitrogen and oxygen atoms in total. The van der Waals surface area contributed by atoms with E-state index >= 15 is 0 Å². The third kappa shape index (κ3) is 2.44. The number of piperidine rings is 1. The number of ether oxygens (including phenoxy) is 1. The van der Waals surface area contributed by atoms with Gasteiger partial charge in [0.25, 0.3) is 0 Å². The SMILES string of the molecule is O=CC12CCC(CC(=O)C1)N2C(=O)OCc1ccccc1. The molecule has 0 spiro atoms. The number of Topliss-reactive ketones (excluding diaryl/α,β-unsaturated/α-hetero) is 1. The standard InChI is InChI=1S/C16H17NO4/c18-11-16-7-6-13(8-14(19)9-16)17(16)15(20)21-10-12-4-2-1-3-5-12/h1-5,11,13H,6-10H2. The zero-order valence-electron chi connectivity index (χ0n) is 11.7. The number of rotatable bonds is 3. The number of hydrogen-bond donors (Lipinski definition) is 0. The Morgan fingerprint density at radius 1 is 1.38 bits per heavy atom. The van der Waals surface area contributed by atoms with E-state index in [9.17, 15) is 14.4 Å². The first kappa shape index (κ1) is 13.8. The van der Waals surface area contributed by atoms with Gasteiger partial charge in [0.2, 0.25) is 0 Å². The van der Waals surface area contributed by atoms with E-state index in [1.54, 1.807) is 0 Å². The fourth-order valence-electron chi connectivity index (χ4n) is 3.35. The van der Waals surface area contributed by atoms with Crippen molar-refractivity contribution in [2.45, 2.75) is 43.9 Å². The third-order valence-electron chi connectivity index (χ3n) is 4.34. The molecule has 2 aliphatic rings. The van der Waals surface area contributed by atoms with Crippen molar-refractivity contribution in [1.29, 1.82) is 0 Å². The highest BCUT2D eigenvalue weighted by molar-refractivity contribution is 5.91. The van der Waals surface area contributed by atoms with Crippen LogP contribution in [0.15, 0.2) is 30.3 Å². The lowest BCUT2D eigenvalue weighted by atomic mass is 9.89. The summed E-state index contributed by atoms with van der Waals surface area (Å²) in [6, 6.07) is 9.19. The number of benzene rings is 1. The number of amides is 1. The minimum atomic E-state index is -0.978. The quantitative estimate of drug-likeness (QED) is 0.799. The van der Waals surface area contributed by atoms with E-state index in [-0.39, 0.29) is 24.9 Å². The van der Waals surface area contributed by atoms with Gasteiger partial charge < -0.3 is 9.53 Å². The molecule has 1 aromatic carbocycles. The highest BCUT2D eigenvalue weighted by Crippen LogP contribution is 2.42. The molecule has 0 saturated carbocycles. The van der Waals surface area contributed by atoms with E-state index in [0.29, 0.717) is 19.3 Å². The highest BCUT2D eigenvalue weighted by Gasteiger charge is 2.54. The number of carbonyl (C=O) groups excluding carboxylic acids is 3. The molecule has 1 amide bonds. The topological polar surface area (TPSA) is 63.7 Å². The lowest BCUT2D eigenvalue weighted by Crippen LogP contribution is -2.56. The predicted octanol–water partition coefficient (Wildman–Crippen LogP) is 2.09. The van der Waals surface area contributed by atoms with Crippen molar-refractivity contribution in [2.75, 3.05) is 0 Å². The maximum atomic E-state index is 12.3. The fraction of sp³-hybridized carbons (Fsp3) is 0.438. The Hall–Kier alpha value is -2.17. The summed E-state index contributed by atoms with van der Waals surface area (Å²) in [5.74, 6) is 0.0525. The number of carbonyl (C=O) groups is 3. The number of ketones is 1. The average Bonchev–Trinajstić information content (AvgIpc) is 2.75. The van der Waals surface area contributed by atoms with Gasteiger partial charge in [0.1, 0.15) is 24.2 Å². The second kappa shape index (κ2) is 5.31. The lowest BCUT2D eigenvalue weighted by Gasteiger charge is -2.39. The smallest absolute Gasteiger partial charge is 0.411 e. The summed E-state index contributed by atoms with van der Waals surface area (Å²) in [6.45, 7) is 0.172. The molecule has 2 heterocycles. The van der Waals surface area contributed by atoms with Crippen LogP contribution in [0.25, 0.3) is 0 Å². The fourth-order valence-corrected chi connectivity index (χ4v) is 3.35. The first-order chi connectivity index (χ1) is 10.1. The van der Waals surface area contributed by atoms with Gasteiger partial charge in [-0.2, -0.15) is 0 Å². The van der Waals surface area contributed by atoms with Crippen LogP contribution in [-0.2, 0) is 20.9 Å². The molecule has 5 heteroatoms. The number of hydrogen-bond acceptors (Lipinski definition) is 4. The largest absolute Gasteiger partial charge is 0.445 e. The molecule has 2 bridgehead atoms. The second-order valence-corrected chi connectivity index (χ2v) is 5.74. The lowest BCUT2D eigenvalue weighted by molar-refractivity contribution is -0.132. The van der Waals surface area contributed by atoms with Crippen LogP contribution in [0.3, 0.4) is 0 Å². The molecule has 21 heavy (non-hydrogen) atoms. The third-order valence-corrected chi connectivity index (χ3v) is 4.34. The monoisotopic (exact) mass is 287 g/mol. The van der Waals surface area contributed by atoms with Gasteiger partial charge in [-0.1, -0.05) is 30.3 Å². The summed E-state index contributed by atoms with van der Waals surface area (Å²) in [4.78, 5) is 37.0. The molecule has 2 aliphatic heterocycles. The number of nitrogens with zero attached hydrogens (tertiary/aromatic N) is 1. The van der Waals surface area contributed by atoms with Crippen molar-refractivity contribution in [1.82, 2.24) is 4.90 Å². The Morgan fingerprint density at radius 2 is 2.14 bits per heavy atom. The molecular weight excluding hydrogens is 270 g/mol. The van der Waals surface area contributed by atoms with Gasteiger partial charge in [-0.25, -0.2) is 4.79 Å². The minimum absolute atomic E-state index is 0.0525. The number of fused-ring (bicyclic) bond motifs is 2. The van der Waals surface area contributed by atoms with Crippen LogP contribution in [0.4, 0.5) is 4.79 Å². The van der Waals surface area contributed by atoms with E-state index in [1.165, 1.54) is 4.90 Å². The summed E-state index contributed by atoms with van der Waals surface area (Å²) in [7, 11) is 0. The van der Waals surface area contributed by atoms with Crippen molar-refractivity contribution in [3.63, 3.8) is 0 Å². The Balaban J connectivity index is 1.72. The average molecular weight is 287 g/mol. The van der Waals surface area contributed by atoms with E-state index in [1.807, 2.05) is 30.3 Å². The van der Waals surface area contributed by atoms with Crippen molar-refractivity contribution in [3.8, 4) is 0 Å². The van der Waals surface area contributed by atoms with Crippen LogP contribution in [0.5, 0.6) is 0 Å². The van der Waals surface area contributed by atoms with Gasteiger partial charge in [0.05, 0.1) is 0 Å². The Morgan fingerprint density at radius 3 is 2.86 bits per heavy atom. The molecule has 2 atom stereocenters. The predicted molar refractivity (Wildman–Crippen MR) is 74.5 cm³/mol. The molecule has 0 aliphatic carbocycles. The van der Waals surface area contributed by atoms with Crippen LogP contribution in [0.1, 0.15) is 31.2 Å². The van der Waals surface area contributed by atoms with Crippen LogP contribution in [0, 0.1) is 0 Å². The van der Waals surface area contributed by atoms with Gasteiger partial charge in [0.15, 0.2) is 0 Å². The maximum Gasteiger partial charge on any atom is 0.411 e.